The summed E-state index contributed by atoms with van der Waals surface area (Å²) in [6, 6.07) is 5.82. The molecule has 0 bridgehead atoms. The van der Waals surface area contributed by atoms with Gasteiger partial charge in [-0.1, -0.05) is 17.7 Å². The molecule has 0 saturated carbocycles. The predicted octanol–water partition coefficient (Wildman–Crippen LogP) is 5.26. The highest BCUT2D eigenvalue weighted by Crippen LogP contribution is 2.43. The van der Waals surface area contributed by atoms with Crippen LogP contribution in [0.1, 0.15) is 11.1 Å². The SMILES string of the molecule is Fc1ccc(-c2cc(C(F)(F)F)cc3c2O[CH]C3)cc1Cl. The van der Waals surface area contributed by atoms with Crippen LogP contribution in [0.5, 0.6) is 5.75 Å². The van der Waals surface area contributed by atoms with Crippen LogP contribution in [0.4, 0.5) is 17.6 Å². The van der Waals surface area contributed by atoms with Crippen molar-refractivity contribution in [3.63, 3.8) is 0 Å². The Morgan fingerprint density at radius 1 is 1.10 bits per heavy atom. The molecule has 109 valence electrons. The first-order valence-corrected chi connectivity index (χ1v) is 6.42. The number of fused-ring (bicyclic) bond motifs is 1. The minimum Gasteiger partial charge on any atom is -0.485 e. The number of hydrogen-bond acceptors (Lipinski definition) is 1. The molecule has 1 nitrogen and oxygen atoms in total. The minimum absolute atomic E-state index is 0.152. The van der Waals surface area contributed by atoms with Gasteiger partial charge >= 0.3 is 6.18 Å². The van der Waals surface area contributed by atoms with Gasteiger partial charge in [0, 0.05) is 12.0 Å². The van der Waals surface area contributed by atoms with Crippen molar-refractivity contribution < 1.29 is 22.3 Å². The van der Waals surface area contributed by atoms with Gasteiger partial charge in [-0.25, -0.2) is 4.39 Å². The van der Waals surface area contributed by atoms with Crippen LogP contribution < -0.4 is 4.74 Å². The number of alkyl halides is 3. The van der Waals surface area contributed by atoms with Crippen molar-refractivity contribution in [2.24, 2.45) is 0 Å². The summed E-state index contributed by atoms with van der Waals surface area (Å²) in [6.07, 6.45) is -4.17. The average Bonchev–Trinajstić information content (AvgIpc) is 2.88. The Morgan fingerprint density at radius 2 is 1.86 bits per heavy atom. The molecule has 1 heterocycles. The summed E-state index contributed by atoms with van der Waals surface area (Å²) >= 11 is 5.70. The van der Waals surface area contributed by atoms with Crippen molar-refractivity contribution in [1.29, 1.82) is 0 Å². The number of hydrogen-bond donors (Lipinski definition) is 0. The molecular formula is C15H8ClF4O. The topological polar surface area (TPSA) is 9.23 Å². The monoisotopic (exact) mass is 315 g/mol. The molecule has 2 aromatic rings. The summed E-state index contributed by atoms with van der Waals surface area (Å²) in [4.78, 5) is 0. The first-order chi connectivity index (χ1) is 9.86. The van der Waals surface area contributed by atoms with E-state index in [1.165, 1.54) is 18.7 Å². The van der Waals surface area contributed by atoms with Crippen LogP contribution in [-0.4, -0.2) is 0 Å². The average molecular weight is 316 g/mol. The van der Waals surface area contributed by atoms with E-state index in [2.05, 4.69) is 0 Å². The molecule has 0 aliphatic carbocycles. The van der Waals surface area contributed by atoms with Crippen LogP contribution in [0, 0.1) is 12.4 Å². The highest BCUT2D eigenvalue weighted by Gasteiger charge is 2.33. The normalized spacial score (nSPS) is 14.0. The van der Waals surface area contributed by atoms with Crippen molar-refractivity contribution in [3.8, 4) is 16.9 Å². The quantitative estimate of drug-likeness (QED) is 0.652. The smallest absolute Gasteiger partial charge is 0.416 e. The second-order valence-corrected chi connectivity index (χ2v) is 5.03. The van der Waals surface area contributed by atoms with Gasteiger partial charge in [-0.15, -0.1) is 0 Å². The lowest BCUT2D eigenvalue weighted by Crippen LogP contribution is -2.05. The van der Waals surface area contributed by atoms with Gasteiger partial charge in [0.05, 0.1) is 10.6 Å². The van der Waals surface area contributed by atoms with Crippen molar-refractivity contribution in [1.82, 2.24) is 0 Å². The van der Waals surface area contributed by atoms with Gasteiger partial charge in [-0.2, -0.15) is 13.2 Å². The van der Waals surface area contributed by atoms with Gasteiger partial charge in [0.15, 0.2) is 0 Å². The van der Waals surface area contributed by atoms with Crippen molar-refractivity contribution >= 4 is 11.6 Å². The summed E-state index contributed by atoms with van der Waals surface area (Å²) in [5.74, 6) is -0.276. The van der Waals surface area contributed by atoms with E-state index in [9.17, 15) is 17.6 Å². The summed E-state index contributed by atoms with van der Waals surface area (Å²) < 4.78 is 57.4. The van der Waals surface area contributed by atoms with Gasteiger partial charge in [0.1, 0.15) is 18.2 Å². The van der Waals surface area contributed by atoms with E-state index in [-0.39, 0.29) is 10.6 Å². The van der Waals surface area contributed by atoms with E-state index < -0.39 is 17.6 Å². The fourth-order valence-corrected chi connectivity index (χ4v) is 2.42. The van der Waals surface area contributed by atoms with Crippen LogP contribution in [0.25, 0.3) is 11.1 Å². The molecule has 0 aromatic heterocycles. The van der Waals surface area contributed by atoms with Crippen LogP contribution in [-0.2, 0) is 12.6 Å². The lowest BCUT2D eigenvalue weighted by Gasteiger charge is -2.13. The molecule has 1 radical (unpaired) electrons. The largest absolute Gasteiger partial charge is 0.485 e. The molecule has 21 heavy (non-hydrogen) atoms. The third-order valence-electron chi connectivity index (χ3n) is 3.23. The maximum absolute atomic E-state index is 13.2. The zero-order valence-corrected chi connectivity index (χ0v) is 11.2. The molecule has 3 rings (SSSR count). The molecule has 6 heteroatoms. The Labute approximate surface area is 123 Å². The Bertz CT molecular complexity index is 710. The third-order valence-corrected chi connectivity index (χ3v) is 3.52. The first-order valence-electron chi connectivity index (χ1n) is 6.04. The van der Waals surface area contributed by atoms with E-state index in [4.69, 9.17) is 16.3 Å². The predicted molar refractivity (Wildman–Crippen MR) is 70.5 cm³/mol. The van der Waals surface area contributed by atoms with Gasteiger partial charge < -0.3 is 4.74 Å². The van der Waals surface area contributed by atoms with E-state index in [0.717, 1.165) is 18.2 Å². The van der Waals surface area contributed by atoms with E-state index >= 15 is 0 Å². The van der Waals surface area contributed by atoms with Crippen molar-refractivity contribution in [2.75, 3.05) is 0 Å². The summed E-state index contributed by atoms with van der Waals surface area (Å²) in [6.45, 7) is 1.43. The lowest BCUT2D eigenvalue weighted by molar-refractivity contribution is -0.137. The number of benzene rings is 2. The molecule has 1 aliphatic heterocycles. The lowest BCUT2D eigenvalue weighted by atomic mass is 9.97. The number of rotatable bonds is 1. The molecule has 0 N–H and O–H groups in total. The molecule has 1 aliphatic rings. The molecule has 0 atom stereocenters. The second-order valence-electron chi connectivity index (χ2n) is 4.63. The molecular weight excluding hydrogens is 308 g/mol. The van der Waals surface area contributed by atoms with Crippen LogP contribution in [0.15, 0.2) is 30.3 Å². The fraction of sp³-hybridized carbons (Fsp3) is 0.133. The number of halogens is 5. The maximum atomic E-state index is 13.2. The Balaban J connectivity index is 2.21. The maximum Gasteiger partial charge on any atom is 0.416 e. The van der Waals surface area contributed by atoms with Gasteiger partial charge in [0.2, 0.25) is 0 Å². The van der Waals surface area contributed by atoms with E-state index in [0.29, 0.717) is 23.3 Å². The van der Waals surface area contributed by atoms with Crippen LogP contribution in [0.3, 0.4) is 0 Å². The highest BCUT2D eigenvalue weighted by molar-refractivity contribution is 6.31. The van der Waals surface area contributed by atoms with Crippen LogP contribution >= 0.6 is 11.6 Å². The minimum atomic E-state index is -4.46. The molecule has 0 fully saturated rings. The highest BCUT2D eigenvalue weighted by atomic mass is 35.5. The second kappa shape index (κ2) is 4.91. The molecule has 0 spiro atoms. The Hall–Kier alpha value is -1.75. The van der Waals surface area contributed by atoms with Gasteiger partial charge in [-0.05, 0) is 35.4 Å². The van der Waals surface area contributed by atoms with Crippen molar-refractivity contribution in [2.45, 2.75) is 12.6 Å². The standard InChI is InChI=1S/C15H8ClF4O/c16-12-6-8(1-2-13(12)17)11-7-10(15(18,19)20)5-9-3-4-21-14(9)11/h1-2,4-7H,3H2. The van der Waals surface area contributed by atoms with Crippen molar-refractivity contribution in [3.05, 3.63) is 58.9 Å². The van der Waals surface area contributed by atoms with E-state index in [1.54, 1.807) is 0 Å². The summed E-state index contributed by atoms with van der Waals surface area (Å²) in [5, 5.41) is -0.152. The summed E-state index contributed by atoms with van der Waals surface area (Å²) in [7, 11) is 0. The van der Waals surface area contributed by atoms with E-state index in [1.807, 2.05) is 0 Å². The molecule has 2 aromatic carbocycles. The number of ether oxygens (including phenoxy) is 1. The van der Waals surface area contributed by atoms with Crippen LogP contribution in [0.2, 0.25) is 5.02 Å². The Kier molecular flexibility index (Phi) is 3.32. The zero-order chi connectivity index (χ0) is 15.2. The third kappa shape index (κ3) is 2.58. The first kappa shape index (κ1) is 14.2. The molecule has 0 unspecified atom stereocenters. The summed E-state index contributed by atoms with van der Waals surface area (Å²) in [5.41, 5.74) is 0.297. The fourth-order valence-electron chi connectivity index (χ4n) is 2.24. The Morgan fingerprint density at radius 3 is 2.52 bits per heavy atom. The molecule has 0 amide bonds. The zero-order valence-electron chi connectivity index (χ0n) is 10.5. The van der Waals surface area contributed by atoms with Gasteiger partial charge in [-0.3, -0.25) is 0 Å². The molecule has 0 saturated heterocycles. The van der Waals surface area contributed by atoms with Gasteiger partial charge in [0.25, 0.3) is 0 Å².